The van der Waals surface area contributed by atoms with E-state index in [4.69, 9.17) is 4.74 Å². The van der Waals surface area contributed by atoms with Gasteiger partial charge >= 0.3 is 0 Å². The maximum Gasteiger partial charge on any atom is 0.123 e. The summed E-state index contributed by atoms with van der Waals surface area (Å²) in [6, 6.07) is 6.44. The molecule has 1 aliphatic heterocycles. The third-order valence-corrected chi connectivity index (χ3v) is 3.20. The van der Waals surface area contributed by atoms with Crippen LogP contribution in [0.5, 0.6) is 5.75 Å². The predicted molar refractivity (Wildman–Crippen MR) is 71.9 cm³/mol. The van der Waals surface area contributed by atoms with Crippen LogP contribution in [-0.2, 0) is 6.42 Å². The third-order valence-electron chi connectivity index (χ3n) is 2.71. The van der Waals surface area contributed by atoms with Gasteiger partial charge in [-0.25, -0.2) is 0 Å². The Morgan fingerprint density at radius 1 is 1.50 bits per heavy atom. The summed E-state index contributed by atoms with van der Waals surface area (Å²) in [4.78, 5) is 0. The first-order chi connectivity index (χ1) is 7.85. The molecule has 0 radical (unpaired) electrons. The molecule has 0 spiro atoms. The Morgan fingerprint density at radius 2 is 2.38 bits per heavy atom. The van der Waals surface area contributed by atoms with Crippen LogP contribution in [0, 0.1) is 0 Å². The maximum absolute atomic E-state index is 5.67. The van der Waals surface area contributed by atoms with Crippen LogP contribution in [0.1, 0.15) is 17.5 Å². The van der Waals surface area contributed by atoms with Crippen molar-refractivity contribution in [2.24, 2.45) is 0 Å². The molecule has 1 heterocycles. The van der Waals surface area contributed by atoms with Crippen LogP contribution in [0.15, 0.2) is 36.3 Å². The number of thioether (sulfide) groups is 1. The van der Waals surface area contributed by atoms with Crippen molar-refractivity contribution in [1.82, 2.24) is 0 Å². The molecule has 0 amide bonds. The zero-order valence-corrected chi connectivity index (χ0v) is 10.3. The lowest BCUT2D eigenvalue weighted by atomic mass is 10.0. The van der Waals surface area contributed by atoms with Gasteiger partial charge in [-0.3, -0.25) is 0 Å². The maximum atomic E-state index is 5.67. The van der Waals surface area contributed by atoms with Crippen molar-refractivity contribution in [2.75, 3.05) is 12.9 Å². The predicted octanol–water partition coefficient (Wildman–Crippen LogP) is 3.90. The molecule has 2 heteroatoms. The van der Waals surface area contributed by atoms with E-state index in [2.05, 4.69) is 36.4 Å². The van der Waals surface area contributed by atoms with Gasteiger partial charge in [-0.2, -0.15) is 0 Å². The van der Waals surface area contributed by atoms with Gasteiger partial charge in [0, 0.05) is 0 Å². The highest BCUT2D eigenvalue weighted by atomic mass is 32.2. The summed E-state index contributed by atoms with van der Waals surface area (Å²) in [5, 5.41) is 2.11. The molecule has 1 aliphatic rings. The van der Waals surface area contributed by atoms with Gasteiger partial charge in [-0.15, -0.1) is 11.8 Å². The Kier molecular flexibility index (Phi) is 3.73. The molecule has 0 aromatic heterocycles. The van der Waals surface area contributed by atoms with Crippen LogP contribution >= 0.6 is 11.8 Å². The summed E-state index contributed by atoms with van der Waals surface area (Å²) in [5.74, 6) is 1.04. The Bertz CT molecular complexity index is 421. The second-order valence-electron chi connectivity index (χ2n) is 3.79. The van der Waals surface area contributed by atoms with Gasteiger partial charge in [0.1, 0.15) is 5.75 Å². The number of ether oxygens (including phenoxy) is 1. The Hall–Kier alpha value is -1.15. The molecule has 2 rings (SSSR count). The average Bonchev–Trinajstić information content (AvgIpc) is 2.35. The van der Waals surface area contributed by atoms with Gasteiger partial charge in [0.25, 0.3) is 0 Å². The Morgan fingerprint density at radius 3 is 3.12 bits per heavy atom. The van der Waals surface area contributed by atoms with Crippen LogP contribution in [0.25, 0.3) is 5.57 Å². The van der Waals surface area contributed by atoms with Crippen molar-refractivity contribution in [3.63, 3.8) is 0 Å². The number of allylic oxidation sites excluding steroid dienone is 2. The Labute approximate surface area is 101 Å². The van der Waals surface area contributed by atoms with Crippen LogP contribution < -0.4 is 4.74 Å². The van der Waals surface area contributed by atoms with Crippen LogP contribution in [0.3, 0.4) is 0 Å². The molecule has 0 fully saturated rings. The van der Waals surface area contributed by atoms with Crippen molar-refractivity contribution in [1.29, 1.82) is 0 Å². The molecule has 0 saturated heterocycles. The molecule has 0 aliphatic carbocycles. The minimum absolute atomic E-state index is 0.839. The lowest BCUT2D eigenvalue weighted by Gasteiger charge is -2.18. The van der Waals surface area contributed by atoms with Crippen molar-refractivity contribution < 1.29 is 4.74 Å². The van der Waals surface area contributed by atoms with Crippen LogP contribution in [0.2, 0.25) is 0 Å². The normalized spacial score (nSPS) is 15.2. The number of fused-ring (bicyclic) bond motifs is 1. The zero-order chi connectivity index (χ0) is 11.4. The van der Waals surface area contributed by atoms with Crippen LogP contribution in [0.4, 0.5) is 0 Å². The van der Waals surface area contributed by atoms with E-state index in [1.165, 1.54) is 11.1 Å². The smallest absolute Gasteiger partial charge is 0.123 e. The van der Waals surface area contributed by atoms with Crippen molar-refractivity contribution in [2.45, 2.75) is 12.8 Å². The molecule has 1 nitrogen and oxygen atoms in total. The molecule has 0 bridgehead atoms. The fourth-order valence-electron chi connectivity index (χ4n) is 1.88. The lowest BCUT2D eigenvalue weighted by Crippen LogP contribution is -2.08. The molecule has 0 saturated carbocycles. The highest BCUT2D eigenvalue weighted by Crippen LogP contribution is 2.29. The fourth-order valence-corrected chi connectivity index (χ4v) is 2.37. The van der Waals surface area contributed by atoms with Crippen molar-refractivity contribution >= 4 is 17.3 Å². The van der Waals surface area contributed by atoms with Gasteiger partial charge in [0.05, 0.1) is 6.61 Å². The second kappa shape index (κ2) is 5.26. The highest BCUT2D eigenvalue weighted by Gasteiger charge is 2.11. The molecule has 0 atom stereocenters. The summed E-state index contributed by atoms with van der Waals surface area (Å²) >= 11 is 1.69. The lowest BCUT2D eigenvalue weighted by molar-refractivity contribution is 0.288. The summed E-state index contributed by atoms with van der Waals surface area (Å²) in [7, 11) is 0. The molecule has 16 heavy (non-hydrogen) atoms. The van der Waals surface area contributed by atoms with E-state index >= 15 is 0 Å². The minimum Gasteiger partial charge on any atom is -0.493 e. The van der Waals surface area contributed by atoms with E-state index < -0.39 is 0 Å². The standard InChI is InChI=1S/C14H16OS/c1-3-11(10-16-2)13-7-6-12-5-4-8-15-14(12)9-13/h3,6-7,9-10H,1,4-5,8H2,2H3/b11-10+. The van der Waals surface area contributed by atoms with Gasteiger partial charge < -0.3 is 4.74 Å². The number of aryl methyl sites for hydroxylation is 1. The second-order valence-corrected chi connectivity index (χ2v) is 4.49. The van der Waals surface area contributed by atoms with Gasteiger partial charge in [0.2, 0.25) is 0 Å². The van der Waals surface area contributed by atoms with E-state index in [1.54, 1.807) is 11.8 Å². The van der Waals surface area contributed by atoms with Gasteiger partial charge in [0.15, 0.2) is 0 Å². The first-order valence-corrected chi connectivity index (χ1v) is 6.75. The molecule has 1 aromatic carbocycles. The molecule has 84 valence electrons. The third kappa shape index (κ3) is 2.33. The van der Waals surface area contributed by atoms with E-state index in [-0.39, 0.29) is 0 Å². The van der Waals surface area contributed by atoms with Gasteiger partial charge in [-0.1, -0.05) is 24.8 Å². The SMILES string of the molecule is C=C/C(=C\SC)c1ccc2c(c1)OCCC2. The Balaban J connectivity index is 2.35. The minimum atomic E-state index is 0.839. The van der Waals surface area contributed by atoms with Crippen molar-refractivity contribution in [3.8, 4) is 5.75 Å². The molecule has 1 aromatic rings. The van der Waals surface area contributed by atoms with E-state index in [0.717, 1.165) is 30.8 Å². The topological polar surface area (TPSA) is 9.23 Å². The number of rotatable bonds is 3. The fraction of sp³-hybridized carbons (Fsp3) is 0.286. The van der Waals surface area contributed by atoms with E-state index in [9.17, 15) is 0 Å². The van der Waals surface area contributed by atoms with E-state index in [0.29, 0.717) is 0 Å². The summed E-state index contributed by atoms with van der Waals surface area (Å²) < 4.78 is 5.67. The van der Waals surface area contributed by atoms with Crippen LogP contribution in [-0.4, -0.2) is 12.9 Å². The number of hydrogen-bond acceptors (Lipinski definition) is 2. The summed E-state index contributed by atoms with van der Waals surface area (Å²) in [6.45, 7) is 4.69. The zero-order valence-electron chi connectivity index (χ0n) is 9.53. The summed E-state index contributed by atoms with van der Waals surface area (Å²) in [5.41, 5.74) is 3.66. The monoisotopic (exact) mass is 232 g/mol. The number of benzene rings is 1. The highest BCUT2D eigenvalue weighted by molar-refractivity contribution is 8.01. The average molecular weight is 232 g/mol. The molecular formula is C14H16OS. The largest absolute Gasteiger partial charge is 0.493 e. The quantitative estimate of drug-likeness (QED) is 0.731. The molecule has 0 unspecified atom stereocenters. The molecular weight excluding hydrogens is 216 g/mol. The van der Waals surface area contributed by atoms with E-state index in [1.807, 2.05) is 6.08 Å². The van der Waals surface area contributed by atoms with Gasteiger partial charge in [-0.05, 0) is 47.3 Å². The van der Waals surface area contributed by atoms with Crippen molar-refractivity contribution in [3.05, 3.63) is 47.4 Å². The number of hydrogen-bond donors (Lipinski definition) is 0. The molecule has 0 N–H and O–H groups in total. The first kappa shape index (κ1) is 11.3. The first-order valence-electron chi connectivity index (χ1n) is 5.46. The summed E-state index contributed by atoms with van der Waals surface area (Å²) in [6.07, 6.45) is 6.20.